The van der Waals surface area contributed by atoms with Gasteiger partial charge < -0.3 is 15.3 Å². The summed E-state index contributed by atoms with van der Waals surface area (Å²) in [7, 11) is 0. The molecule has 2 aliphatic rings. The van der Waals surface area contributed by atoms with Gasteiger partial charge in [0.05, 0.1) is 16.3 Å². The number of nitrogens with zero attached hydrogens (tertiary/aromatic N) is 6. The molecule has 0 radical (unpaired) electrons. The van der Waals surface area contributed by atoms with E-state index < -0.39 is 12.1 Å². The first-order valence-electron chi connectivity index (χ1n) is 11.0. The molecule has 5 rings (SSSR count). The van der Waals surface area contributed by atoms with E-state index in [2.05, 4.69) is 32.1 Å². The zero-order chi connectivity index (χ0) is 25.9. The predicted octanol–water partition coefficient (Wildman–Crippen LogP) is 3.92. The van der Waals surface area contributed by atoms with E-state index in [0.717, 1.165) is 71.5 Å². The Hall–Kier alpha value is -3.03. The average molecular weight is 540 g/mol. The molecule has 9 nitrogen and oxygen atoms in total. The van der Waals surface area contributed by atoms with Gasteiger partial charge in [-0.1, -0.05) is 18.5 Å². The molecule has 36 heavy (non-hydrogen) atoms. The van der Waals surface area contributed by atoms with Gasteiger partial charge in [0, 0.05) is 56.1 Å². The molecule has 0 saturated carbocycles. The van der Waals surface area contributed by atoms with Crippen LogP contribution in [0.4, 0.5) is 19.0 Å². The molecule has 0 aromatic carbocycles. The van der Waals surface area contributed by atoms with Gasteiger partial charge in [0.15, 0.2) is 10.8 Å². The van der Waals surface area contributed by atoms with Crippen molar-refractivity contribution in [2.24, 2.45) is 0 Å². The fourth-order valence-electron chi connectivity index (χ4n) is 3.71. The number of piperazine rings is 1. The number of carbonyl (C=O) groups is 1. The molecule has 3 aromatic heterocycles. The average Bonchev–Trinajstić information content (AvgIpc) is 3.19. The van der Waals surface area contributed by atoms with Crippen molar-refractivity contribution in [1.29, 1.82) is 0 Å². The fourth-order valence-corrected chi connectivity index (χ4v) is 4.88. The number of carboxylic acids is 1. The monoisotopic (exact) mass is 539 g/mol. The number of halogens is 4. The molecule has 0 amide bonds. The summed E-state index contributed by atoms with van der Waals surface area (Å²) in [5.74, 6) is -1.81. The van der Waals surface area contributed by atoms with Crippen LogP contribution < -0.4 is 10.2 Å². The Kier molecular flexibility index (Phi) is 7.91. The Labute approximate surface area is 213 Å². The van der Waals surface area contributed by atoms with Crippen molar-refractivity contribution in [2.75, 3.05) is 31.1 Å². The molecule has 4 heterocycles. The maximum atomic E-state index is 10.6. The van der Waals surface area contributed by atoms with Crippen molar-refractivity contribution in [3.8, 4) is 0 Å². The quantitative estimate of drug-likeness (QED) is 0.472. The summed E-state index contributed by atoms with van der Waals surface area (Å²) in [6.45, 7) is 5.84. The highest BCUT2D eigenvalue weighted by Gasteiger charge is 2.38. The lowest BCUT2D eigenvalue weighted by Crippen LogP contribution is -2.44. The SMILES string of the molecule is CCC1=C(Cl)c2c(nc(Sc3cnc4nccnc4c3)nc2N2CCNCC2)C1.O=C(O)C(F)(F)F. The number of aromatic nitrogens is 5. The van der Waals surface area contributed by atoms with Crippen molar-refractivity contribution in [2.45, 2.75) is 36.0 Å². The topological polar surface area (TPSA) is 117 Å². The lowest BCUT2D eigenvalue weighted by molar-refractivity contribution is -0.192. The van der Waals surface area contributed by atoms with Crippen molar-refractivity contribution in [3.63, 3.8) is 0 Å². The molecule has 1 fully saturated rings. The number of anilines is 1. The lowest BCUT2D eigenvalue weighted by atomic mass is 10.2. The van der Waals surface area contributed by atoms with E-state index in [1.165, 1.54) is 17.3 Å². The highest BCUT2D eigenvalue weighted by molar-refractivity contribution is 7.99. The zero-order valence-electron chi connectivity index (χ0n) is 19.0. The molecule has 0 bridgehead atoms. The third-order valence-electron chi connectivity index (χ3n) is 5.45. The van der Waals surface area contributed by atoms with Crippen LogP contribution in [0.5, 0.6) is 0 Å². The summed E-state index contributed by atoms with van der Waals surface area (Å²) < 4.78 is 31.7. The van der Waals surface area contributed by atoms with E-state index in [1.807, 2.05) is 6.07 Å². The van der Waals surface area contributed by atoms with Crippen molar-refractivity contribution in [3.05, 3.63) is 41.5 Å². The molecule has 190 valence electrons. The third-order valence-corrected chi connectivity index (χ3v) is 6.73. The molecule has 1 aliphatic carbocycles. The van der Waals surface area contributed by atoms with E-state index in [1.54, 1.807) is 18.6 Å². The standard InChI is InChI=1S/C20H20ClN7S.C2HF3O2/c1-2-12-9-14-16(17(12)21)19(28-7-5-22-6-8-28)27-20(26-14)29-13-10-15-18(25-11-13)24-4-3-23-15;3-2(4,5)1(6)7/h3-4,10-11,22H,2,5-9H2,1H3;(H,6,7). The van der Waals surface area contributed by atoms with Gasteiger partial charge in [0.25, 0.3) is 0 Å². The summed E-state index contributed by atoms with van der Waals surface area (Å²) in [6.07, 6.45) is 1.75. The molecule has 0 atom stereocenters. The summed E-state index contributed by atoms with van der Waals surface area (Å²) >= 11 is 8.24. The second-order valence-electron chi connectivity index (χ2n) is 7.81. The van der Waals surface area contributed by atoms with Gasteiger partial charge in [-0.15, -0.1) is 0 Å². The Balaban J connectivity index is 0.000000384. The zero-order valence-corrected chi connectivity index (χ0v) is 20.6. The second-order valence-corrected chi connectivity index (χ2v) is 9.23. The Morgan fingerprint density at radius 3 is 2.56 bits per heavy atom. The van der Waals surface area contributed by atoms with Crippen LogP contribution in [0, 0.1) is 0 Å². The van der Waals surface area contributed by atoms with Gasteiger partial charge in [-0.25, -0.2) is 24.7 Å². The number of allylic oxidation sites excluding steroid dienone is 1. The minimum absolute atomic E-state index is 0.636. The molecule has 2 N–H and O–H groups in total. The molecule has 3 aromatic rings. The Bertz CT molecular complexity index is 1320. The number of aliphatic carboxylic acids is 1. The molecule has 0 spiro atoms. The van der Waals surface area contributed by atoms with E-state index in [4.69, 9.17) is 31.5 Å². The smallest absolute Gasteiger partial charge is 0.475 e. The summed E-state index contributed by atoms with van der Waals surface area (Å²) in [4.78, 5) is 34.9. The van der Waals surface area contributed by atoms with Crippen molar-refractivity contribution >= 4 is 51.3 Å². The van der Waals surface area contributed by atoms with Crippen LogP contribution in [-0.4, -0.2) is 68.4 Å². The van der Waals surface area contributed by atoms with E-state index in [-0.39, 0.29) is 0 Å². The lowest BCUT2D eigenvalue weighted by Gasteiger charge is -2.30. The van der Waals surface area contributed by atoms with Gasteiger partial charge in [0.2, 0.25) is 0 Å². The van der Waals surface area contributed by atoms with Gasteiger partial charge in [0.1, 0.15) is 11.3 Å². The molecule has 1 aliphatic heterocycles. The first kappa shape index (κ1) is 26.0. The van der Waals surface area contributed by atoms with E-state index >= 15 is 0 Å². The molecule has 14 heteroatoms. The van der Waals surface area contributed by atoms with Gasteiger partial charge in [-0.05, 0) is 29.8 Å². The summed E-state index contributed by atoms with van der Waals surface area (Å²) in [5.41, 5.74) is 4.66. The highest BCUT2D eigenvalue weighted by Crippen LogP contribution is 2.42. The Morgan fingerprint density at radius 2 is 1.89 bits per heavy atom. The highest BCUT2D eigenvalue weighted by atomic mass is 35.5. The van der Waals surface area contributed by atoms with Gasteiger partial charge >= 0.3 is 12.1 Å². The number of carboxylic acid groups (broad SMARTS) is 1. The van der Waals surface area contributed by atoms with Crippen LogP contribution in [0.1, 0.15) is 24.6 Å². The first-order valence-corrected chi connectivity index (χ1v) is 12.2. The number of pyridine rings is 1. The number of rotatable bonds is 4. The van der Waals surface area contributed by atoms with Gasteiger partial charge in [-0.2, -0.15) is 13.2 Å². The molecular formula is C22H21ClF3N7O2S. The molecule has 1 saturated heterocycles. The third kappa shape index (κ3) is 5.85. The number of hydrogen-bond donors (Lipinski definition) is 2. The first-order chi connectivity index (χ1) is 17.2. The van der Waals surface area contributed by atoms with E-state index in [9.17, 15) is 13.2 Å². The van der Waals surface area contributed by atoms with Crippen LogP contribution >= 0.6 is 23.4 Å². The summed E-state index contributed by atoms with van der Waals surface area (Å²) in [6, 6.07) is 1.98. The van der Waals surface area contributed by atoms with Gasteiger partial charge in [-0.3, -0.25) is 4.98 Å². The van der Waals surface area contributed by atoms with Crippen LogP contribution in [0.3, 0.4) is 0 Å². The molecule has 0 unspecified atom stereocenters. The Morgan fingerprint density at radius 1 is 1.19 bits per heavy atom. The normalized spacial score (nSPS) is 15.5. The van der Waals surface area contributed by atoms with Crippen LogP contribution in [0.15, 0.2) is 40.3 Å². The number of alkyl halides is 3. The van der Waals surface area contributed by atoms with Crippen molar-refractivity contribution < 1.29 is 23.1 Å². The number of nitrogens with one attached hydrogen (secondary N) is 1. The molecular weight excluding hydrogens is 519 g/mol. The maximum absolute atomic E-state index is 10.6. The van der Waals surface area contributed by atoms with Crippen molar-refractivity contribution in [1.82, 2.24) is 30.2 Å². The second kappa shape index (κ2) is 10.9. The largest absolute Gasteiger partial charge is 0.490 e. The van der Waals surface area contributed by atoms with Crippen LogP contribution in [0.25, 0.3) is 16.2 Å². The minimum atomic E-state index is -5.08. The minimum Gasteiger partial charge on any atom is -0.475 e. The summed E-state index contributed by atoms with van der Waals surface area (Å²) in [5, 5.41) is 12.1. The maximum Gasteiger partial charge on any atom is 0.490 e. The van der Waals surface area contributed by atoms with Crippen LogP contribution in [-0.2, 0) is 11.2 Å². The number of fused-ring (bicyclic) bond motifs is 2. The van der Waals surface area contributed by atoms with E-state index in [0.29, 0.717) is 10.8 Å². The number of hydrogen-bond acceptors (Lipinski definition) is 9. The van der Waals surface area contributed by atoms with Crippen LogP contribution in [0.2, 0.25) is 0 Å². The fraction of sp³-hybridized carbons (Fsp3) is 0.364. The predicted molar refractivity (Wildman–Crippen MR) is 129 cm³/mol.